The number of rotatable bonds is 6. The number of hydrogen-bond donors (Lipinski definition) is 1. The van der Waals surface area contributed by atoms with Crippen LogP contribution in [0.3, 0.4) is 0 Å². The maximum atomic E-state index is 13.6. The molecule has 0 aliphatic heterocycles. The SMILES string of the molecule is Cc1cc(Br)c(NC(=O)CSc2nc3sc4c(c3c(=O)n2Cc2ccco2)CCCC4)c(Br)c1. The lowest BCUT2D eigenvalue weighted by molar-refractivity contribution is -0.113. The lowest BCUT2D eigenvalue weighted by atomic mass is 9.97. The number of furan rings is 1. The molecule has 1 amide bonds. The number of fused-ring (bicyclic) bond motifs is 3. The van der Waals surface area contributed by atoms with Crippen LogP contribution in [0, 0.1) is 6.92 Å². The van der Waals surface area contributed by atoms with E-state index in [4.69, 9.17) is 9.40 Å². The summed E-state index contributed by atoms with van der Waals surface area (Å²) in [5, 5.41) is 4.20. The van der Waals surface area contributed by atoms with E-state index >= 15 is 0 Å². The Morgan fingerprint density at radius 1 is 1.26 bits per heavy atom. The summed E-state index contributed by atoms with van der Waals surface area (Å²) in [6.45, 7) is 2.26. The Bertz CT molecular complexity index is 1420. The molecule has 0 radical (unpaired) electrons. The minimum atomic E-state index is -0.181. The first-order valence-electron chi connectivity index (χ1n) is 10.9. The Balaban J connectivity index is 1.46. The van der Waals surface area contributed by atoms with Crippen molar-refractivity contribution < 1.29 is 9.21 Å². The number of amides is 1. The minimum Gasteiger partial charge on any atom is -0.467 e. The molecule has 1 aliphatic rings. The highest BCUT2D eigenvalue weighted by Crippen LogP contribution is 2.35. The molecule has 1 aromatic carbocycles. The number of anilines is 1. The zero-order valence-electron chi connectivity index (χ0n) is 18.3. The van der Waals surface area contributed by atoms with Gasteiger partial charge in [0, 0.05) is 13.8 Å². The highest BCUT2D eigenvalue weighted by molar-refractivity contribution is 9.11. The predicted octanol–water partition coefficient (Wildman–Crippen LogP) is 6.54. The number of thioether (sulfide) groups is 1. The summed E-state index contributed by atoms with van der Waals surface area (Å²) in [5.74, 6) is 0.610. The largest absolute Gasteiger partial charge is 0.467 e. The number of halogens is 2. The number of thiophene rings is 1. The molecule has 0 saturated heterocycles. The molecule has 0 saturated carbocycles. The molecular formula is C24H21Br2N3O3S2. The molecule has 1 N–H and O–H groups in total. The maximum Gasteiger partial charge on any atom is 0.263 e. The molecule has 1 aliphatic carbocycles. The molecule has 34 heavy (non-hydrogen) atoms. The fraction of sp³-hybridized carbons (Fsp3) is 0.292. The first-order chi connectivity index (χ1) is 16.4. The molecule has 6 nitrogen and oxygen atoms in total. The van der Waals surface area contributed by atoms with Gasteiger partial charge in [-0.1, -0.05) is 11.8 Å². The Hall–Kier alpha value is -1.88. The number of nitrogens with one attached hydrogen (secondary N) is 1. The highest BCUT2D eigenvalue weighted by atomic mass is 79.9. The molecule has 0 bridgehead atoms. The maximum absolute atomic E-state index is 13.6. The van der Waals surface area contributed by atoms with Crippen molar-refractivity contribution in [2.45, 2.75) is 44.3 Å². The molecule has 4 aromatic rings. The fourth-order valence-corrected chi connectivity index (χ4v) is 7.87. The van der Waals surface area contributed by atoms with Crippen LogP contribution in [0.25, 0.3) is 10.2 Å². The van der Waals surface area contributed by atoms with E-state index in [2.05, 4.69) is 37.2 Å². The van der Waals surface area contributed by atoms with E-state index in [0.29, 0.717) is 16.6 Å². The molecule has 0 fully saturated rings. The first kappa shape index (κ1) is 23.8. The first-order valence-corrected chi connectivity index (χ1v) is 14.3. The summed E-state index contributed by atoms with van der Waals surface area (Å²) in [7, 11) is 0. The van der Waals surface area contributed by atoms with Crippen molar-refractivity contribution in [3.8, 4) is 0 Å². The molecular weight excluding hydrogens is 602 g/mol. The van der Waals surface area contributed by atoms with E-state index in [1.165, 1.54) is 16.6 Å². The van der Waals surface area contributed by atoms with Crippen LogP contribution in [-0.4, -0.2) is 21.2 Å². The number of carbonyl (C=O) groups is 1. The zero-order chi connectivity index (χ0) is 23.8. The number of aryl methyl sites for hydroxylation is 3. The van der Waals surface area contributed by atoms with Gasteiger partial charge in [-0.05, 0) is 99.9 Å². The smallest absolute Gasteiger partial charge is 0.263 e. The third kappa shape index (κ3) is 4.78. The van der Waals surface area contributed by atoms with Gasteiger partial charge in [-0.2, -0.15) is 0 Å². The van der Waals surface area contributed by atoms with Crippen LogP contribution < -0.4 is 10.9 Å². The Morgan fingerprint density at radius 2 is 2.03 bits per heavy atom. The number of benzene rings is 1. The Morgan fingerprint density at radius 3 is 2.76 bits per heavy atom. The molecule has 3 heterocycles. The van der Waals surface area contributed by atoms with Gasteiger partial charge in [0.2, 0.25) is 5.91 Å². The van der Waals surface area contributed by atoms with Crippen molar-refractivity contribution in [1.29, 1.82) is 0 Å². The Kier molecular flexibility index (Phi) is 7.02. The summed E-state index contributed by atoms with van der Waals surface area (Å²) < 4.78 is 8.75. The second kappa shape index (κ2) is 10.0. The van der Waals surface area contributed by atoms with Crippen molar-refractivity contribution in [1.82, 2.24) is 9.55 Å². The van der Waals surface area contributed by atoms with Crippen molar-refractivity contribution in [3.05, 3.63) is 71.6 Å². The number of hydrogen-bond acceptors (Lipinski definition) is 6. The van der Waals surface area contributed by atoms with Gasteiger partial charge < -0.3 is 9.73 Å². The van der Waals surface area contributed by atoms with E-state index in [1.807, 2.05) is 25.1 Å². The molecule has 0 unspecified atom stereocenters. The van der Waals surface area contributed by atoms with Crippen LogP contribution in [0.1, 0.15) is 34.6 Å². The van der Waals surface area contributed by atoms with Gasteiger partial charge in [0.1, 0.15) is 10.6 Å². The van der Waals surface area contributed by atoms with Crippen molar-refractivity contribution in [2.24, 2.45) is 0 Å². The van der Waals surface area contributed by atoms with Gasteiger partial charge in [0.05, 0.1) is 29.6 Å². The normalized spacial score (nSPS) is 13.3. The number of nitrogens with zero attached hydrogens (tertiary/aromatic N) is 2. The highest BCUT2D eigenvalue weighted by Gasteiger charge is 2.23. The second-order valence-electron chi connectivity index (χ2n) is 8.20. The predicted molar refractivity (Wildman–Crippen MR) is 144 cm³/mol. The van der Waals surface area contributed by atoms with Crippen molar-refractivity contribution >= 4 is 76.8 Å². The van der Waals surface area contributed by atoms with Crippen molar-refractivity contribution in [2.75, 3.05) is 11.1 Å². The summed E-state index contributed by atoms with van der Waals surface area (Å²) in [6, 6.07) is 7.54. The van der Waals surface area contributed by atoms with Gasteiger partial charge in [0.25, 0.3) is 5.56 Å². The molecule has 0 spiro atoms. The van der Waals surface area contributed by atoms with Gasteiger partial charge in [-0.25, -0.2) is 4.98 Å². The number of carbonyl (C=O) groups excluding carboxylic acids is 1. The quantitative estimate of drug-likeness (QED) is 0.195. The van der Waals surface area contributed by atoms with E-state index in [1.54, 1.807) is 28.2 Å². The van der Waals surface area contributed by atoms with Crippen LogP contribution >= 0.6 is 55.0 Å². The fourth-order valence-electron chi connectivity index (χ4n) is 4.15. The monoisotopic (exact) mass is 621 g/mol. The average Bonchev–Trinajstić information content (AvgIpc) is 3.44. The lowest BCUT2D eigenvalue weighted by Gasteiger charge is -2.13. The van der Waals surface area contributed by atoms with E-state index in [-0.39, 0.29) is 23.8 Å². The zero-order valence-corrected chi connectivity index (χ0v) is 23.1. The van der Waals surface area contributed by atoms with Gasteiger partial charge in [0.15, 0.2) is 5.16 Å². The Labute approximate surface area is 221 Å². The average molecular weight is 623 g/mol. The molecule has 3 aromatic heterocycles. The van der Waals surface area contributed by atoms with Crippen molar-refractivity contribution in [3.63, 3.8) is 0 Å². The summed E-state index contributed by atoms with van der Waals surface area (Å²) in [5.41, 5.74) is 2.84. The second-order valence-corrected chi connectivity index (χ2v) is 11.9. The summed E-state index contributed by atoms with van der Waals surface area (Å²) in [6.07, 6.45) is 5.75. The van der Waals surface area contributed by atoms with Crippen LogP contribution in [0.15, 0.2) is 53.8 Å². The van der Waals surface area contributed by atoms with Gasteiger partial charge >= 0.3 is 0 Å². The van der Waals surface area contributed by atoms with Gasteiger partial charge in [-0.15, -0.1) is 11.3 Å². The molecule has 176 valence electrons. The van der Waals surface area contributed by atoms with Crippen LogP contribution in [-0.2, 0) is 24.2 Å². The van der Waals surface area contributed by atoms with Crippen LogP contribution in [0.4, 0.5) is 5.69 Å². The van der Waals surface area contributed by atoms with Crippen LogP contribution in [0.5, 0.6) is 0 Å². The van der Waals surface area contributed by atoms with E-state index in [9.17, 15) is 9.59 Å². The summed E-state index contributed by atoms with van der Waals surface area (Å²) in [4.78, 5) is 33.3. The topological polar surface area (TPSA) is 77.1 Å². The van der Waals surface area contributed by atoms with E-state index in [0.717, 1.165) is 56.0 Å². The van der Waals surface area contributed by atoms with E-state index < -0.39 is 0 Å². The minimum absolute atomic E-state index is 0.0623. The standard InChI is InChI=1S/C24H21Br2N3O3S2/c1-13-9-16(25)21(17(26)10-13)27-19(30)12-33-24-28-22-20(15-6-2-3-7-18(15)34-22)23(31)29(24)11-14-5-4-8-32-14/h4-5,8-10H,2-3,6-7,11-12H2,1H3,(H,27,30). The molecule has 10 heteroatoms. The summed E-state index contributed by atoms with van der Waals surface area (Å²) >= 11 is 9.90. The van der Waals surface area contributed by atoms with Crippen LogP contribution in [0.2, 0.25) is 0 Å². The lowest BCUT2D eigenvalue weighted by Crippen LogP contribution is -2.25. The molecule has 5 rings (SSSR count). The molecule has 0 atom stereocenters. The third-order valence-corrected chi connectivity index (χ3v) is 9.13. The third-order valence-electron chi connectivity index (χ3n) is 5.72. The number of aromatic nitrogens is 2. The van der Waals surface area contributed by atoms with Gasteiger partial charge in [-0.3, -0.25) is 14.2 Å².